The van der Waals surface area contributed by atoms with E-state index < -0.39 is 0 Å². The van der Waals surface area contributed by atoms with Gasteiger partial charge in [-0.2, -0.15) is 0 Å². The monoisotopic (exact) mass is 225 g/mol. The molecule has 0 radical (unpaired) electrons. The maximum absolute atomic E-state index is 6.06. The number of ether oxygens (including phenoxy) is 1. The molecule has 1 unspecified atom stereocenters. The molecule has 0 aromatic rings. The van der Waals surface area contributed by atoms with Crippen molar-refractivity contribution in [2.75, 3.05) is 13.1 Å². The molecular formula is C14H27NO. The normalized spacial score (nSPS) is 27.7. The maximum Gasteiger partial charge on any atom is 0.0697 e. The summed E-state index contributed by atoms with van der Waals surface area (Å²) in [6.45, 7) is 13.0. The zero-order chi connectivity index (χ0) is 12.2. The van der Waals surface area contributed by atoms with E-state index >= 15 is 0 Å². The van der Waals surface area contributed by atoms with E-state index in [1.54, 1.807) is 0 Å². The van der Waals surface area contributed by atoms with Gasteiger partial charge in [0.2, 0.25) is 0 Å². The Balaban J connectivity index is 2.42. The minimum Gasteiger partial charge on any atom is -0.369 e. The third kappa shape index (κ3) is 3.91. The Morgan fingerprint density at radius 3 is 2.50 bits per heavy atom. The van der Waals surface area contributed by atoms with Gasteiger partial charge < -0.3 is 10.1 Å². The van der Waals surface area contributed by atoms with Crippen molar-refractivity contribution in [1.29, 1.82) is 0 Å². The molecule has 94 valence electrons. The summed E-state index contributed by atoms with van der Waals surface area (Å²) in [5.74, 6) is 0.545. The summed E-state index contributed by atoms with van der Waals surface area (Å²) in [5, 5.41) is 3.33. The van der Waals surface area contributed by atoms with E-state index in [-0.39, 0.29) is 11.2 Å². The molecule has 1 atom stereocenters. The summed E-state index contributed by atoms with van der Waals surface area (Å²) < 4.78 is 6.06. The fraction of sp³-hybridized carbons (Fsp3) is 0.857. The molecule has 1 saturated heterocycles. The summed E-state index contributed by atoms with van der Waals surface area (Å²) in [6, 6.07) is 0. The zero-order valence-electron chi connectivity index (χ0n) is 11.5. The van der Waals surface area contributed by atoms with Crippen molar-refractivity contribution < 1.29 is 4.74 Å². The predicted molar refractivity (Wildman–Crippen MR) is 69.7 cm³/mol. The molecule has 1 aliphatic rings. The van der Waals surface area contributed by atoms with Crippen LogP contribution in [0.5, 0.6) is 0 Å². The molecule has 0 spiro atoms. The van der Waals surface area contributed by atoms with E-state index in [0.29, 0.717) is 5.92 Å². The first-order valence-electron chi connectivity index (χ1n) is 6.45. The van der Waals surface area contributed by atoms with Gasteiger partial charge in [0.1, 0.15) is 0 Å². The van der Waals surface area contributed by atoms with Crippen molar-refractivity contribution in [3.63, 3.8) is 0 Å². The number of nitrogens with one attached hydrogen (secondary N) is 1. The largest absolute Gasteiger partial charge is 0.369 e. The van der Waals surface area contributed by atoms with Gasteiger partial charge in [0.15, 0.2) is 0 Å². The van der Waals surface area contributed by atoms with Crippen LogP contribution >= 0.6 is 0 Å². The molecule has 0 aliphatic carbocycles. The van der Waals surface area contributed by atoms with E-state index in [4.69, 9.17) is 4.74 Å². The van der Waals surface area contributed by atoms with Gasteiger partial charge in [-0.1, -0.05) is 19.1 Å². The average molecular weight is 225 g/mol. The van der Waals surface area contributed by atoms with Gasteiger partial charge >= 0.3 is 0 Å². The fourth-order valence-electron chi connectivity index (χ4n) is 2.53. The molecule has 2 nitrogen and oxygen atoms in total. The van der Waals surface area contributed by atoms with Gasteiger partial charge in [-0.05, 0) is 53.6 Å². The van der Waals surface area contributed by atoms with Gasteiger partial charge in [0.05, 0.1) is 11.2 Å². The van der Waals surface area contributed by atoms with Gasteiger partial charge in [0.25, 0.3) is 0 Å². The minimum atomic E-state index is -0.0157. The molecule has 1 aliphatic heterocycles. The fourth-order valence-corrected chi connectivity index (χ4v) is 2.53. The Morgan fingerprint density at radius 1 is 1.31 bits per heavy atom. The zero-order valence-corrected chi connectivity index (χ0v) is 11.5. The number of rotatable bonds is 5. The Kier molecular flexibility index (Phi) is 4.57. The van der Waals surface area contributed by atoms with Crippen LogP contribution in [0.15, 0.2) is 12.2 Å². The van der Waals surface area contributed by atoms with Crippen LogP contribution < -0.4 is 5.32 Å². The van der Waals surface area contributed by atoms with Crippen molar-refractivity contribution >= 4 is 0 Å². The van der Waals surface area contributed by atoms with Gasteiger partial charge in [-0.3, -0.25) is 0 Å². The lowest BCUT2D eigenvalue weighted by molar-refractivity contribution is -0.0706. The molecule has 16 heavy (non-hydrogen) atoms. The molecule has 0 bridgehead atoms. The molecular weight excluding hydrogens is 198 g/mol. The van der Waals surface area contributed by atoms with E-state index in [0.717, 1.165) is 25.9 Å². The molecule has 0 amide bonds. The van der Waals surface area contributed by atoms with Crippen LogP contribution in [0.2, 0.25) is 0 Å². The number of hydrogen-bond acceptors (Lipinski definition) is 2. The molecule has 0 aromatic heterocycles. The Bertz CT molecular complexity index is 243. The highest BCUT2D eigenvalue weighted by molar-refractivity contribution is 5.04. The van der Waals surface area contributed by atoms with Crippen LogP contribution in [-0.2, 0) is 4.74 Å². The van der Waals surface area contributed by atoms with Crippen LogP contribution in [0.25, 0.3) is 0 Å². The van der Waals surface area contributed by atoms with Gasteiger partial charge in [-0.15, -0.1) is 0 Å². The molecule has 0 aromatic carbocycles. The van der Waals surface area contributed by atoms with Crippen LogP contribution in [0.4, 0.5) is 0 Å². The highest BCUT2D eigenvalue weighted by atomic mass is 16.5. The summed E-state index contributed by atoms with van der Waals surface area (Å²) in [6.07, 6.45) is 6.87. The summed E-state index contributed by atoms with van der Waals surface area (Å²) in [5.41, 5.74) is 0.0123. The van der Waals surface area contributed by atoms with Gasteiger partial charge in [-0.25, -0.2) is 0 Å². The lowest BCUT2D eigenvalue weighted by Crippen LogP contribution is -2.28. The first-order chi connectivity index (χ1) is 7.37. The van der Waals surface area contributed by atoms with Crippen molar-refractivity contribution in [1.82, 2.24) is 5.32 Å². The van der Waals surface area contributed by atoms with Crippen molar-refractivity contribution in [3.05, 3.63) is 12.2 Å². The first-order valence-corrected chi connectivity index (χ1v) is 6.45. The first kappa shape index (κ1) is 13.7. The van der Waals surface area contributed by atoms with Gasteiger partial charge in [0, 0.05) is 5.92 Å². The molecule has 0 saturated carbocycles. The van der Waals surface area contributed by atoms with Crippen molar-refractivity contribution in [3.8, 4) is 0 Å². The standard InChI is InChI=1S/C14H27NO/c1-6-15-10-8-7-9-12-11-13(2,3)16-14(12,4)5/h7,9,12,15H,6,8,10-11H2,1-5H3/b9-7+. The summed E-state index contributed by atoms with van der Waals surface area (Å²) >= 11 is 0. The summed E-state index contributed by atoms with van der Waals surface area (Å²) in [4.78, 5) is 0. The molecule has 1 N–H and O–H groups in total. The SMILES string of the molecule is CCNCC/C=C/C1CC(C)(C)OC1(C)C. The Morgan fingerprint density at radius 2 is 2.00 bits per heavy atom. The van der Waals surface area contributed by atoms with Crippen LogP contribution in [0.1, 0.15) is 47.5 Å². The average Bonchev–Trinajstić information content (AvgIpc) is 2.34. The highest BCUT2D eigenvalue weighted by Gasteiger charge is 2.44. The molecule has 1 fully saturated rings. The Hall–Kier alpha value is -0.340. The van der Waals surface area contributed by atoms with Crippen LogP contribution in [0.3, 0.4) is 0 Å². The number of hydrogen-bond donors (Lipinski definition) is 1. The predicted octanol–water partition coefficient (Wildman–Crippen LogP) is 3.14. The quantitative estimate of drug-likeness (QED) is 0.573. The Labute approximate surface area is 100 Å². The van der Waals surface area contributed by atoms with E-state index in [9.17, 15) is 0 Å². The second kappa shape index (κ2) is 5.33. The second-order valence-corrected chi connectivity index (χ2v) is 5.85. The van der Waals surface area contributed by atoms with Crippen molar-refractivity contribution in [2.45, 2.75) is 58.7 Å². The van der Waals surface area contributed by atoms with Crippen LogP contribution in [0, 0.1) is 5.92 Å². The smallest absolute Gasteiger partial charge is 0.0697 e. The summed E-state index contributed by atoms with van der Waals surface area (Å²) in [7, 11) is 0. The maximum atomic E-state index is 6.06. The molecule has 1 heterocycles. The van der Waals surface area contributed by atoms with Crippen LogP contribution in [-0.4, -0.2) is 24.3 Å². The minimum absolute atomic E-state index is 0.0157. The topological polar surface area (TPSA) is 21.3 Å². The second-order valence-electron chi connectivity index (χ2n) is 5.85. The molecule has 1 rings (SSSR count). The third-order valence-corrected chi connectivity index (χ3v) is 3.25. The van der Waals surface area contributed by atoms with E-state index in [1.165, 1.54) is 0 Å². The van der Waals surface area contributed by atoms with E-state index in [2.05, 4.69) is 52.1 Å². The lowest BCUT2D eigenvalue weighted by Gasteiger charge is -2.25. The van der Waals surface area contributed by atoms with E-state index in [1.807, 2.05) is 0 Å². The highest BCUT2D eigenvalue weighted by Crippen LogP contribution is 2.42. The lowest BCUT2D eigenvalue weighted by atomic mass is 9.87. The van der Waals surface area contributed by atoms with Crippen molar-refractivity contribution in [2.24, 2.45) is 5.92 Å². The third-order valence-electron chi connectivity index (χ3n) is 3.25. The molecule has 2 heteroatoms.